The average molecular weight is 446 g/mol. The maximum absolute atomic E-state index is 13.9. The Balaban J connectivity index is 1.39. The fourth-order valence-electron chi connectivity index (χ4n) is 5.13. The summed E-state index contributed by atoms with van der Waals surface area (Å²) in [5.41, 5.74) is 0.340. The van der Waals surface area contributed by atoms with Gasteiger partial charge in [0.25, 0.3) is 11.8 Å². The molecule has 0 saturated carbocycles. The fraction of sp³-hybridized carbons (Fsp3) is 0.455. The maximum atomic E-state index is 13.9. The van der Waals surface area contributed by atoms with Crippen LogP contribution in [0.3, 0.4) is 0 Å². The minimum Gasteiger partial charge on any atom is -0.496 e. The van der Waals surface area contributed by atoms with E-state index in [0.717, 1.165) is 31.5 Å². The van der Waals surface area contributed by atoms with Gasteiger partial charge in [0, 0.05) is 43.5 Å². The number of hydrogen-bond acceptors (Lipinski definition) is 6. The van der Waals surface area contributed by atoms with Crippen LogP contribution in [0.25, 0.3) is 0 Å². The van der Waals surface area contributed by atoms with E-state index in [1.807, 2.05) is 4.90 Å². The van der Waals surface area contributed by atoms with Crippen LogP contribution < -0.4 is 5.32 Å². The monoisotopic (exact) mass is 446 g/mol. The highest BCUT2D eigenvalue weighted by Gasteiger charge is 2.51. The van der Waals surface area contributed by atoms with Crippen molar-refractivity contribution in [2.24, 2.45) is 0 Å². The molecule has 0 bridgehead atoms. The molecule has 3 fully saturated rings. The van der Waals surface area contributed by atoms with Crippen LogP contribution in [0, 0.1) is 11.6 Å². The van der Waals surface area contributed by atoms with Crippen LogP contribution >= 0.6 is 0 Å². The predicted molar refractivity (Wildman–Crippen MR) is 108 cm³/mol. The molecule has 4 heterocycles. The van der Waals surface area contributed by atoms with E-state index >= 15 is 0 Å². The summed E-state index contributed by atoms with van der Waals surface area (Å²) in [7, 11) is 1.35. The normalized spacial score (nSPS) is 27.2. The number of methoxy groups -OCH3 is 1. The van der Waals surface area contributed by atoms with Gasteiger partial charge in [-0.05, 0) is 18.9 Å². The molecular formula is C22H24F2N4O4. The molecule has 5 rings (SSSR count). The SMILES string of the molecule is COC1=C2C(=O)N3CC4CCCN4C3CN2C=C(C(=O)NCc2ccc(F)cc2F)C1O. The molecule has 0 aromatic heterocycles. The quantitative estimate of drug-likeness (QED) is 0.707. The number of halogens is 2. The van der Waals surface area contributed by atoms with Gasteiger partial charge < -0.3 is 25.0 Å². The molecule has 32 heavy (non-hydrogen) atoms. The zero-order chi connectivity index (χ0) is 22.6. The Hall–Kier alpha value is -2.98. The van der Waals surface area contributed by atoms with Crippen LogP contribution in [0.2, 0.25) is 0 Å². The highest BCUT2D eigenvalue weighted by molar-refractivity contribution is 5.99. The van der Waals surface area contributed by atoms with Crippen LogP contribution in [0.4, 0.5) is 8.78 Å². The standard InChI is InChI=1S/C22H24F2N4O4/c1-32-20-18-22(31)28-9-14-3-2-6-27(14)17(28)11-26(18)10-15(19(20)29)21(30)25-8-12-4-5-13(23)7-16(12)24/h4-5,7,10,14,17,19,29H,2-3,6,8-9,11H2,1H3,(H,25,30). The summed E-state index contributed by atoms with van der Waals surface area (Å²) in [5, 5.41) is 13.4. The van der Waals surface area contributed by atoms with E-state index in [2.05, 4.69) is 10.2 Å². The van der Waals surface area contributed by atoms with Crippen molar-refractivity contribution in [3.8, 4) is 0 Å². The van der Waals surface area contributed by atoms with E-state index in [4.69, 9.17) is 4.74 Å². The minimum atomic E-state index is -1.44. The Morgan fingerprint density at radius 3 is 2.88 bits per heavy atom. The van der Waals surface area contributed by atoms with Gasteiger partial charge in [-0.2, -0.15) is 0 Å². The van der Waals surface area contributed by atoms with Crippen molar-refractivity contribution in [2.75, 3.05) is 26.7 Å². The Kier molecular flexibility index (Phi) is 5.13. The van der Waals surface area contributed by atoms with Crippen molar-refractivity contribution >= 4 is 11.8 Å². The summed E-state index contributed by atoms with van der Waals surface area (Å²) in [6.45, 7) is 1.85. The lowest BCUT2D eigenvalue weighted by atomic mass is 9.99. The van der Waals surface area contributed by atoms with Crippen molar-refractivity contribution in [1.29, 1.82) is 0 Å². The number of rotatable bonds is 4. The van der Waals surface area contributed by atoms with Crippen LogP contribution in [0.1, 0.15) is 18.4 Å². The van der Waals surface area contributed by atoms with Crippen molar-refractivity contribution in [2.45, 2.75) is 37.7 Å². The number of ether oxygens (including phenoxy) is 1. The van der Waals surface area contributed by atoms with E-state index in [-0.39, 0.29) is 41.2 Å². The molecule has 1 aromatic carbocycles. The van der Waals surface area contributed by atoms with E-state index in [9.17, 15) is 23.5 Å². The number of piperazine rings is 1. The highest BCUT2D eigenvalue weighted by atomic mass is 19.1. The Labute approximate surface area is 183 Å². The molecule has 3 saturated heterocycles. The Morgan fingerprint density at radius 1 is 1.31 bits per heavy atom. The molecule has 3 unspecified atom stereocenters. The van der Waals surface area contributed by atoms with Gasteiger partial charge in [0.05, 0.1) is 19.2 Å². The lowest BCUT2D eigenvalue weighted by molar-refractivity contribution is -0.135. The summed E-state index contributed by atoms with van der Waals surface area (Å²) < 4.78 is 32.4. The maximum Gasteiger partial charge on any atom is 0.275 e. The number of carbonyl (C=O) groups is 2. The first-order valence-corrected chi connectivity index (χ1v) is 10.6. The number of carbonyl (C=O) groups excluding carboxylic acids is 2. The van der Waals surface area contributed by atoms with Gasteiger partial charge in [-0.15, -0.1) is 0 Å². The second kappa shape index (κ2) is 7.86. The molecule has 2 N–H and O–H groups in total. The van der Waals surface area contributed by atoms with Gasteiger partial charge in [0.15, 0.2) is 5.76 Å². The van der Waals surface area contributed by atoms with Gasteiger partial charge in [-0.25, -0.2) is 8.78 Å². The molecule has 2 amide bonds. The molecule has 4 aliphatic rings. The molecular weight excluding hydrogens is 422 g/mol. The van der Waals surface area contributed by atoms with E-state index < -0.39 is 23.6 Å². The third-order valence-electron chi connectivity index (χ3n) is 6.69. The summed E-state index contributed by atoms with van der Waals surface area (Å²) in [5.74, 6) is -2.32. The molecule has 8 nitrogen and oxygen atoms in total. The van der Waals surface area contributed by atoms with Gasteiger partial charge in [0.1, 0.15) is 29.6 Å². The van der Waals surface area contributed by atoms with Crippen molar-refractivity contribution in [1.82, 2.24) is 20.0 Å². The Bertz CT molecular complexity index is 1040. The molecule has 0 spiro atoms. The topological polar surface area (TPSA) is 85.4 Å². The fourth-order valence-corrected chi connectivity index (χ4v) is 5.13. The lowest BCUT2D eigenvalue weighted by Gasteiger charge is -2.43. The molecule has 0 aliphatic carbocycles. The van der Waals surface area contributed by atoms with E-state index in [0.29, 0.717) is 19.1 Å². The zero-order valence-electron chi connectivity index (χ0n) is 17.6. The largest absolute Gasteiger partial charge is 0.496 e. The summed E-state index contributed by atoms with van der Waals surface area (Å²) in [6.07, 6.45) is 2.07. The highest BCUT2D eigenvalue weighted by Crippen LogP contribution is 2.38. The number of benzene rings is 1. The zero-order valence-corrected chi connectivity index (χ0v) is 17.6. The smallest absolute Gasteiger partial charge is 0.275 e. The number of aliphatic hydroxyl groups excluding tert-OH is 1. The van der Waals surface area contributed by atoms with Crippen LogP contribution in [0.15, 0.2) is 41.4 Å². The number of nitrogens with one attached hydrogen (secondary N) is 1. The van der Waals surface area contributed by atoms with Crippen molar-refractivity contribution in [3.05, 3.63) is 58.6 Å². The van der Waals surface area contributed by atoms with Gasteiger partial charge >= 0.3 is 0 Å². The number of hydrogen-bond donors (Lipinski definition) is 2. The van der Waals surface area contributed by atoms with E-state index in [1.165, 1.54) is 19.4 Å². The third kappa shape index (κ3) is 3.25. The van der Waals surface area contributed by atoms with Crippen molar-refractivity contribution < 1.29 is 28.2 Å². The minimum absolute atomic E-state index is 0.00895. The first-order chi connectivity index (χ1) is 15.4. The van der Waals surface area contributed by atoms with Crippen molar-refractivity contribution in [3.63, 3.8) is 0 Å². The van der Waals surface area contributed by atoms with Crippen LogP contribution in [-0.2, 0) is 20.9 Å². The second-order valence-electron chi connectivity index (χ2n) is 8.45. The lowest BCUT2D eigenvalue weighted by Crippen LogP contribution is -2.57. The molecule has 1 aromatic rings. The first-order valence-electron chi connectivity index (χ1n) is 10.6. The number of fused-ring (bicyclic) bond motifs is 4. The summed E-state index contributed by atoms with van der Waals surface area (Å²) in [6, 6.07) is 3.43. The summed E-state index contributed by atoms with van der Waals surface area (Å²) in [4.78, 5) is 31.9. The Morgan fingerprint density at radius 2 is 2.12 bits per heavy atom. The second-order valence-corrected chi connectivity index (χ2v) is 8.45. The average Bonchev–Trinajstić information content (AvgIpc) is 3.35. The molecule has 3 atom stereocenters. The molecule has 4 aliphatic heterocycles. The van der Waals surface area contributed by atoms with Crippen LogP contribution in [-0.4, -0.2) is 76.7 Å². The van der Waals surface area contributed by atoms with Gasteiger partial charge in [-0.3, -0.25) is 14.5 Å². The van der Waals surface area contributed by atoms with Gasteiger partial charge in [0.2, 0.25) is 0 Å². The number of aliphatic hydroxyl groups is 1. The van der Waals surface area contributed by atoms with Gasteiger partial charge in [-0.1, -0.05) is 6.07 Å². The number of amides is 2. The molecule has 170 valence electrons. The van der Waals surface area contributed by atoms with E-state index in [1.54, 1.807) is 4.90 Å². The first kappa shape index (κ1) is 20.9. The molecule has 10 heteroatoms. The number of nitrogens with zero attached hydrogens (tertiary/aromatic N) is 3. The third-order valence-corrected chi connectivity index (χ3v) is 6.69. The predicted octanol–water partition coefficient (Wildman–Crippen LogP) is 0.646. The summed E-state index contributed by atoms with van der Waals surface area (Å²) >= 11 is 0. The molecule has 0 radical (unpaired) electrons. The van der Waals surface area contributed by atoms with Crippen LogP contribution in [0.5, 0.6) is 0 Å².